The molecular weight excluding hydrogens is 1810 g/mol. The van der Waals surface area contributed by atoms with Gasteiger partial charge < -0.3 is 28.3 Å². The van der Waals surface area contributed by atoms with E-state index >= 15 is 0 Å². The molecule has 10 aromatic heterocycles. The minimum absolute atomic E-state index is 0.0129. The Kier molecular flexibility index (Phi) is 27.4. The highest BCUT2D eigenvalue weighted by Crippen LogP contribution is 2.46. The molecule has 0 aliphatic rings. The first-order chi connectivity index (χ1) is 66.3. The number of hydrogen-bond acceptors (Lipinski definition) is 21. The molecule has 0 bridgehead atoms. The Bertz CT molecular complexity index is 7200. The zero-order valence-corrected chi connectivity index (χ0v) is 71.4. The number of aryl methyl sites for hydroxylation is 2. The highest BCUT2D eigenvalue weighted by Gasteiger charge is 2.40. The summed E-state index contributed by atoms with van der Waals surface area (Å²) in [5.74, 6) is 1.66. The molecule has 0 spiro atoms. The molecular formula is C102H65F15N16O5. The highest BCUT2D eigenvalue weighted by molar-refractivity contribution is 5.79. The Morgan fingerprint density at radius 3 is 0.826 bits per heavy atom. The van der Waals surface area contributed by atoms with E-state index in [0.29, 0.717) is 61.5 Å². The van der Waals surface area contributed by atoms with Crippen LogP contribution in [0.5, 0.6) is 0 Å². The second-order valence-electron chi connectivity index (χ2n) is 30.1. The van der Waals surface area contributed by atoms with Crippen LogP contribution in [0.3, 0.4) is 0 Å². The van der Waals surface area contributed by atoms with Crippen LogP contribution in [0.25, 0.3) is 170 Å². The fourth-order valence-electron chi connectivity index (χ4n) is 14.2. The van der Waals surface area contributed by atoms with Crippen molar-refractivity contribution in [3.05, 3.63) is 386 Å². The summed E-state index contributed by atoms with van der Waals surface area (Å²) in [4.78, 5) is 40.9. The third-order valence-corrected chi connectivity index (χ3v) is 20.7. The molecule has 10 aromatic carbocycles. The summed E-state index contributed by atoms with van der Waals surface area (Å²) in [5.41, 5.74) is 10.6. The monoisotopic (exact) mass is 1880 g/mol. The van der Waals surface area contributed by atoms with E-state index in [1.54, 1.807) is 262 Å². The molecule has 0 aliphatic heterocycles. The van der Waals surface area contributed by atoms with Crippen molar-refractivity contribution in [1.82, 2.24) is 75.6 Å². The number of alkyl halides is 15. The Morgan fingerprint density at radius 1 is 0.217 bits per heavy atom. The lowest BCUT2D eigenvalue weighted by Crippen LogP contribution is -2.07. The van der Waals surface area contributed by atoms with Gasteiger partial charge in [-0.3, -0.25) is 19.9 Å². The quantitative estimate of drug-likeness (QED) is 0.0933. The summed E-state index contributed by atoms with van der Waals surface area (Å²) in [6.07, 6.45) is -8.35. The molecule has 138 heavy (non-hydrogen) atoms. The van der Waals surface area contributed by atoms with Crippen LogP contribution >= 0.6 is 0 Å². The van der Waals surface area contributed by atoms with Crippen LogP contribution in [0, 0.1) is 13.8 Å². The lowest BCUT2D eigenvalue weighted by molar-refractivity contribution is -0.137. The summed E-state index contributed by atoms with van der Waals surface area (Å²) >= 11 is 0. The van der Waals surface area contributed by atoms with Gasteiger partial charge in [-0.25, -0.2) is 4.98 Å². The molecule has 0 unspecified atom stereocenters. The number of anilines is 1. The predicted octanol–water partition coefficient (Wildman–Crippen LogP) is 27.6. The van der Waals surface area contributed by atoms with Gasteiger partial charge in [0.05, 0.1) is 27.8 Å². The number of nitrogen functional groups attached to an aromatic ring is 1. The van der Waals surface area contributed by atoms with Crippen molar-refractivity contribution in [2.24, 2.45) is 0 Å². The van der Waals surface area contributed by atoms with E-state index in [0.717, 1.165) is 41.5 Å². The maximum Gasteiger partial charge on any atom is 0.417 e. The lowest BCUT2D eigenvalue weighted by Gasteiger charge is -2.14. The van der Waals surface area contributed by atoms with Gasteiger partial charge in [0.25, 0.3) is 29.5 Å². The van der Waals surface area contributed by atoms with Crippen LogP contribution in [0.2, 0.25) is 0 Å². The first-order valence-corrected chi connectivity index (χ1v) is 41.2. The van der Waals surface area contributed by atoms with E-state index in [1.165, 1.54) is 48.7 Å². The van der Waals surface area contributed by atoms with Gasteiger partial charge >= 0.3 is 30.9 Å². The van der Waals surface area contributed by atoms with Crippen LogP contribution in [-0.2, 0) is 30.9 Å². The Labute approximate surface area is 772 Å². The second kappa shape index (κ2) is 40.5. The number of pyridine rings is 5. The van der Waals surface area contributed by atoms with Crippen LogP contribution in [0.1, 0.15) is 38.9 Å². The summed E-state index contributed by atoms with van der Waals surface area (Å²) in [7, 11) is 0. The standard InChI is InChI=1S/2C21H14F3N3O.C20H13F3N4O.2C20H12F3N3O/c1-13-9-16(12-25-11-13)19-26-20(28-27-19)15-7-8-17(14-5-3-2-4-6-14)18(10-15)21(22,23)24;1-13-12-25-10-9-16(13)19-26-20(28-27-19)15-7-8-17(14-5-3-2-4-6-14)18(11-15)21(22,23)24;21-20(22,23)16-10-14(6-7-15(16)12-4-2-1-3-5-12)19-26-18(27-28-19)13-8-9-25-17(24)11-13;21-20(22,23)17-11-14(8-9-16(17)13-5-2-1-3-6-13)19-25-18(26-27-19)15-7-4-10-24-12-15;21-20(22,23)17-12-15(6-7-16(17)13-4-2-1-3-5-13)19-25-18(26-27-19)14-8-10-24-11-9-14/h2*2-12H,1H3;1-11H,(H2,24,25);2*1-12H. The number of rotatable bonds is 15. The van der Waals surface area contributed by atoms with Crippen molar-refractivity contribution in [2.45, 2.75) is 44.7 Å². The molecule has 0 aliphatic carbocycles. The molecule has 20 rings (SSSR count). The molecule has 0 saturated heterocycles. The zero-order valence-electron chi connectivity index (χ0n) is 71.4. The van der Waals surface area contributed by atoms with E-state index < -0.39 is 58.7 Å². The van der Waals surface area contributed by atoms with Crippen molar-refractivity contribution in [1.29, 1.82) is 0 Å². The normalized spacial score (nSPS) is 11.5. The van der Waals surface area contributed by atoms with E-state index in [-0.39, 0.29) is 114 Å². The predicted molar refractivity (Wildman–Crippen MR) is 481 cm³/mol. The van der Waals surface area contributed by atoms with Crippen molar-refractivity contribution in [3.8, 4) is 170 Å². The third-order valence-electron chi connectivity index (χ3n) is 20.7. The minimum atomic E-state index is -4.54. The fourth-order valence-corrected chi connectivity index (χ4v) is 14.2. The summed E-state index contributed by atoms with van der Waals surface area (Å²) in [6, 6.07) is 75.6. The average Bonchev–Trinajstić information content (AvgIpc) is 1.55. The number of aromatic nitrogens is 15. The summed E-state index contributed by atoms with van der Waals surface area (Å²) in [5, 5.41) is 19.3. The highest BCUT2D eigenvalue weighted by atomic mass is 19.4. The van der Waals surface area contributed by atoms with E-state index in [1.807, 2.05) is 19.9 Å². The van der Waals surface area contributed by atoms with Gasteiger partial charge in [0.1, 0.15) is 5.82 Å². The summed E-state index contributed by atoms with van der Waals surface area (Å²) in [6.45, 7) is 3.71. The maximum atomic E-state index is 13.7. The molecule has 36 heteroatoms. The van der Waals surface area contributed by atoms with Crippen molar-refractivity contribution >= 4 is 5.82 Å². The van der Waals surface area contributed by atoms with Gasteiger partial charge in [0, 0.05) is 111 Å². The first kappa shape index (κ1) is 93.6. The van der Waals surface area contributed by atoms with E-state index in [4.69, 9.17) is 28.3 Å². The van der Waals surface area contributed by atoms with Crippen LogP contribution in [0.15, 0.2) is 370 Å². The molecule has 0 fully saturated rings. The minimum Gasteiger partial charge on any atom is -0.384 e. The van der Waals surface area contributed by atoms with Gasteiger partial charge in [-0.2, -0.15) is 90.8 Å². The Morgan fingerprint density at radius 2 is 0.507 bits per heavy atom. The second-order valence-corrected chi connectivity index (χ2v) is 30.1. The molecule has 20 aromatic rings. The van der Waals surface area contributed by atoms with Crippen LogP contribution in [-0.4, -0.2) is 75.6 Å². The van der Waals surface area contributed by atoms with Gasteiger partial charge in [-0.15, -0.1) is 0 Å². The molecule has 0 amide bonds. The van der Waals surface area contributed by atoms with Gasteiger partial charge in [0.15, 0.2) is 0 Å². The smallest absolute Gasteiger partial charge is 0.384 e. The number of halogens is 15. The molecule has 0 saturated carbocycles. The number of nitrogens with zero attached hydrogens (tertiary/aromatic N) is 15. The topological polar surface area (TPSA) is 285 Å². The first-order valence-electron chi connectivity index (χ1n) is 41.2. The molecule has 0 radical (unpaired) electrons. The van der Waals surface area contributed by atoms with Gasteiger partial charge in [-0.1, -0.05) is 208 Å². The van der Waals surface area contributed by atoms with Crippen LogP contribution < -0.4 is 5.73 Å². The number of hydrogen-bond donors (Lipinski definition) is 1. The maximum absolute atomic E-state index is 13.7. The van der Waals surface area contributed by atoms with E-state index in [2.05, 4.69) is 75.6 Å². The Hall–Kier alpha value is -17.6. The SMILES string of the molecule is Cc1cncc(-c2noc(-c3ccc(-c4ccccc4)c(C(F)(F)F)c3)n2)c1.Cc1cnccc1-c1noc(-c2ccc(-c3ccccc3)c(C(F)(F)F)c2)n1.FC(F)(F)c1cc(-c2nc(-c3cccnc3)no2)ccc1-c1ccccc1.FC(F)(F)c1cc(-c2nc(-c3ccncc3)no2)ccc1-c1ccccc1.Nc1cc(-c2noc(-c3ccc(-c4ccccc4)c(C(F)(F)F)c3)n2)ccn1. The third kappa shape index (κ3) is 22.5. The zero-order chi connectivity index (χ0) is 96.9. The largest absolute Gasteiger partial charge is 0.417 e. The molecule has 2 N–H and O–H groups in total. The Balaban J connectivity index is 0.000000125. The summed E-state index contributed by atoms with van der Waals surface area (Å²) < 4.78 is 231. The lowest BCUT2D eigenvalue weighted by atomic mass is 9.97. The molecule has 21 nitrogen and oxygen atoms in total. The van der Waals surface area contributed by atoms with Gasteiger partial charge in [-0.05, 0) is 190 Å². The van der Waals surface area contributed by atoms with Crippen LogP contribution in [0.4, 0.5) is 71.7 Å². The number of benzene rings is 10. The average molecular weight is 1880 g/mol. The van der Waals surface area contributed by atoms with Crippen molar-refractivity contribution in [3.63, 3.8) is 0 Å². The van der Waals surface area contributed by atoms with Crippen molar-refractivity contribution < 1.29 is 88.5 Å². The van der Waals surface area contributed by atoms with E-state index in [9.17, 15) is 65.9 Å². The molecule has 10 heterocycles. The van der Waals surface area contributed by atoms with Gasteiger partial charge in [0.2, 0.25) is 29.1 Å². The number of nitrogens with two attached hydrogens (primary N) is 1. The van der Waals surface area contributed by atoms with Crippen molar-refractivity contribution in [2.75, 3.05) is 5.73 Å². The fraction of sp³-hybridized carbons (Fsp3) is 0.0686. The molecule has 0 atom stereocenters. The molecule has 688 valence electrons.